The van der Waals surface area contributed by atoms with Gasteiger partial charge in [0.05, 0.1) is 0 Å². The van der Waals surface area contributed by atoms with Gasteiger partial charge in [0.15, 0.2) is 0 Å². The fourth-order valence-electron chi connectivity index (χ4n) is 0. The minimum atomic E-state index is -4.92. The minimum Gasteiger partial charge on any atom is -0.726 e. The van der Waals surface area contributed by atoms with Gasteiger partial charge in [-0.1, -0.05) is 0 Å². The van der Waals surface area contributed by atoms with Crippen LogP contribution in [0, 0.1) is 0 Å². The summed E-state index contributed by atoms with van der Waals surface area (Å²) >= 11 is 0. The molecule has 0 bridgehead atoms. The van der Waals surface area contributed by atoms with Gasteiger partial charge in [0.2, 0.25) is 52.0 Å². The van der Waals surface area contributed by atoms with Crippen LogP contribution in [0.3, 0.4) is 0 Å². The zero-order valence-electron chi connectivity index (χ0n) is 11.7. The van der Waals surface area contributed by atoms with Gasteiger partial charge in [0, 0.05) is 0 Å². The van der Waals surface area contributed by atoms with E-state index in [4.69, 9.17) is 87.6 Å². The molecule has 0 atom stereocenters. The molecular weight excluding hydrogens is 532 g/mol. The molecule has 0 aliphatic rings. The Hall–Kier alpha value is 0.649. The Labute approximate surface area is 179 Å². The molecule has 0 aliphatic carbocycles. The van der Waals surface area contributed by atoms with E-state index in [0.717, 1.165) is 0 Å². The fourth-order valence-corrected chi connectivity index (χ4v) is 0. The molecule has 0 aromatic carbocycles. The van der Waals surface area contributed by atoms with Crippen molar-refractivity contribution in [1.82, 2.24) is 0 Å². The van der Waals surface area contributed by atoms with Crippen LogP contribution in [-0.2, 0) is 52.0 Å². The molecule has 0 radical (unpaired) electrons. The average Bonchev–Trinajstić information content (AvgIpc) is 1.79. The van der Waals surface area contributed by atoms with Gasteiger partial charge in [0.25, 0.3) is 0 Å². The Morgan fingerprint density at radius 3 is 0.370 bits per heavy atom. The van der Waals surface area contributed by atoms with E-state index in [0.29, 0.717) is 0 Å². The minimum absolute atomic E-state index is 0. The monoisotopic (exact) mass is 536 g/mol. The molecule has 160 valence electrons. The third kappa shape index (κ3) is 38500. The van der Waals surface area contributed by atoms with Crippen LogP contribution >= 0.6 is 0 Å². The maximum absolute atomic E-state index is 8.63. The fraction of sp³-hybridized carbons (Fsp3) is 0. The van der Waals surface area contributed by atoms with Gasteiger partial charge in [0.1, 0.15) is 0 Å². The maximum Gasteiger partial charge on any atom is 3.00 e. The summed E-state index contributed by atoms with van der Waals surface area (Å²) in [6.45, 7) is 0. The van der Waals surface area contributed by atoms with Crippen molar-refractivity contribution in [3.63, 3.8) is 0 Å². The van der Waals surface area contributed by atoms with E-state index in [1.807, 2.05) is 0 Å². The van der Waals surface area contributed by atoms with Crippen LogP contribution in [-0.4, -0.2) is 128 Å². The Bertz CT molecular complexity index is 621. The standard InChI is InChI=1S/Al.Mg.5H2O4S/c;;5*1-5(2,3)4/h;;5*(H2,1,2,3,4)/q+3;+2;;;;;/p-5. The summed E-state index contributed by atoms with van der Waals surface area (Å²) in [5, 5.41) is 0. The van der Waals surface area contributed by atoms with E-state index < -0.39 is 52.0 Å². The number of hydrogen-bond donors (Lipinski definition) is 5. The average molecular weight is 537 g/mol. The normalized spacial score (nSPS) is 10.7. The molecular formula is H5AlMgO20S5. The first-order valence-corrected chi connectivity index (χ1v) is 10.2. The van der Waals surface area contributed by atoms with Gasteiger partial charge in [-0.25, -0.2) is 42.1 Å². The van der Waals surface area contributed by atoms with Crippen LogP contribution in [0.5, 0.6) is 0 Å². The smallest absolute Gasteiger partial charge is 0.726 e. The van der Waals surface area contributed by atoms with Crippen LogP contribution in [0.2, 0.25) is 0 Å². The van der Waals surface area contributed by atoms with Crippen LogP contribution in [0.1, 0.15) is 0 Å². The Kier molecular flexibility index (Phi) is 31.8. The SMILES string of the molecule is O=S(=O)([O-])O.O=S(=O)([O-])O.O=S(=O)([O-])O.O=S(=O)([O-])O.O=S(=O)([O-])O.[Al+3].[Mg+2]. The molecule has 0 spiro atoms. The van der Waals surface area contributed by atoms with E-state index in [1.54, 1.807) is 0 Å². The summed E-state index contributed by atoms with van der Waals surface area (Å²) in [4.78, 5) is 0. The molecule has 0 aromatic rings. The van der Waals surface area contributed by atoms with E-state index in [9.17, 15) is 0 Å². The molecule has 0 aliphatic heterocycles. The summed E-state index contributed by atoms with van der Waals surface area (Å²) in [5.41, 5.74) is 0. The van der Waals surface area contributed by atoms with Crippen molar-refractivity contribution in [1.29, 1.82) is 0 Å². The molecule has 0 saturated heterocycles. The predicted molar refractivity (Wildman–Crippen MR) is 73.1 cm³/mol. The van der Waals surface area contributed by atoms with E-state index in [2.05, 4.69) is 0 Å². The van der Waals surface area contributed by atoms with Gasteiger partial charge in [-0.2, -0.15) is 0 Å². The molecule has 20 nitrogen and oxygen atoms in total. The second-order valence-corrected chi connectivity index (χ2v) is 6.42. The van der Waals surface area contributed by atoms with Gasteiger partial charge in [-0.05, 0) is 0 Å². The molecule has 0 rings (SSSR count). The summed E-state index contributed by atoms with van der Waals surface area (Å²) in [7, 11) is -24.6. The summed E-state index contributed by atoms with van der Waals surface area (Å²) in [6.07, 6.45) is 0. The topological polar surface area (TPSA) is 387 Å². The number of hydrogen-bond acceptors (Lipinski definition) is 15. The molecule has 0 unspecified atom stereocenters. The van der Waals surface area contributed by atoms with Gasteiger partial charge in [-0.3, -0.25) is 22.8 Å². The molecule has 27 heavy (non-hydrogen) atoms. The van der Waals surface area contributed by atoms with Crippen LogP contribution < -0.4 is 0 Å². The van der Waals surface area contributed by atoms with Crippen LogP contribution in [0.25, 0.3) is 0 Å². The Morgan fingerprint density at radius 1 is 0.370 bits per heavy atom. The first-order valence-electron chi connectivity index (χ1n) is 3.41. The van der Waals surface area contributed by atoms with Crippen molar-refractivity contribution in [3.8, 4) is 0 Å². The Morgan fingerprint density at radius 2 is 0.370 bits per heavy atom. The first kappa shape index (κ1) is 46.1. The van der Waals surface area contributed by atoms with Crippen LogP contribution in [0.15, 0.2) is 0 Å². The third-order valence-corrected chi connectivity index (χ3v) is 0. The quantitative estimate of drug-likeness (QED) is 0.109. The molecule has 27 heteroatoms. The van der Waals surface area contributed by atoms with E-state index in [-0.39, 0.29) is 40.4 Å². The number of rotatable bonds is 0. The van der Waals surface area contributed by atoms with Gasteiger partial charge < -0.3 is 22.8 Å². The predicted octanol–water partition coefficient (Wildman–Crippen LogP) is -5.74. The maximum atomic E-state index is 8.63. The van der Waals surface area contributed by atoms with Crippen molar-refractivity contribution < 1.29 is 87.6 Å². The molecule has 0 heterocycles. The zero-order chi connectivity index (χ0) is 22.5. The summed E-state index contributed by atoms with van der Waals surface area (Å²) in [6, 6.07) is 0. The van der Waals surface area contributed by atoms with Crippen molar-refractivity contribution in [2.75, 3.05) is 0 Å². The first-order chi connectivity index (χ1) is 10.0. The van der Waals surface area contributed by atoms with Gasteiger partial charge >= 0.3 is 40.4 Å². The van der Waals surface area contributed by atoms with Crippen molar-refractivity contribution >= 4 is 92.4 Å². The Balaban J connectivity index is -0.0000000364. The molecule has 0 amide bonds. The molecule has 0 fully saturated rings. The van der Waals surface area contributed by atoms with E-state index in [1.165, 1.54) is 0 Å². The summed E-state index contributed by atoms with van der Waals surface area (Å²) in [5.74, 6) is 0. The van der Waals surface area contributed by atoms with E-state index >= 15 is 0 Å². The molecule has 0 saturated carbocycles. The van der Waals surface area contributed by atoms with Crippen molar-refractivity contribution in [2.45, 2.75) is 0 Å². The second-order valence-electron chi connectivity index (χ2n) is 2.14. The zero-order valence-corrected chi connectivity index (χ0v) is 18.3. The van der Waals surface area contributed by atoms with Gasteiger partial charge in [-0.15, -0.1) is 0 Å². The van der Waals surface area contributed by atoms with Crippen molar-refractivity contribution in [2.24, 2.45) is 0 Å². The molecule has 0 aromatic heterocycles. The van der Waals surface area contributed by atoms with Crippen LogP contribution in [0.4, 0.5) is 0 Å². The largest absolute Gasteiger partial charge is 3.00 e. The third-order valence-electron chi connectivity index (χ3n) is 0. The van der Waals surface area contributed by atoms with Crippen molar-refractivity contribution in [3.05, 3.63) is 0 Å². The summed E-state index contributed by atoms with van der Waals surface area (Å²) < 4.78 is 164. The molecule has 5 N–H and O–H groups in total. The second kappa shape index (κ2) is 18.7.